The van der Waals surface area contributed by atoms with Crippen molar-refractivity contribution in [1.29, 1.82) is 0 Å². The summed E-state index contributed by atoms with van der Waals surface area (Å²) in [6.07, 6.45) is 2.93. The molecule has 158 valence electrons. The zero-order valence-corrected chi connectivity index (χ0v) is 17.7. The van der Waals surface area contributed by atoms with Gasteiger partial charge in [0.2, 0.25) is 0 Å². The van der Waals surface area contributed by atoms with Crippen LogP contribution in [-0.2, 0) is 11.3 Å². The maximum atomic E-state index is 11.9. The van der Waals surface area contributed by atoms with Gasteiger partial charge >= 0.3 is 6.09 Å². The monoisotopic (exact) mass is 416 g/mol. The highest BCUT2D eigenvalue weighted by Gasteiger charge is 2.18. The number of imidazole rings is 1. The maximum absolute atomic E-state index is 11.9. The number of amides is 1. The maximum Gasteiger partial charge on any atom is 0.407 e. The third kappa shape index (κ3) is 4.48. The first-order valence-corrected chi connectivity index (χ1v) is 9.92. The minimum atomic E-state index is -0.534. The predicted molar refractivity (Wildman–Crippen MR) is 120 cm³/mol. The first-order valence-electron chi connectivity index (χ1n) is 9.92. The van der Waals surface area contributed by atoms with Gasteiger partial charge in [0.15, 0.2) is 11.5 Å². The molecule has 4 aromatic rings. The highest BCUT2D eigenvalue weighted by Crippen LogP contribution is 2.30. The fourth-order valence-corrected chi connectivity index (χ4v) is 3.20. The first-order chi connectivity index (χ1) is 14.8. The van der Waals surface area contributed by atoms with Crippen LogP contribution in [0.2, 0.25) is 0 Å². The number of alkyl carbamates (subject to hydrolysis) is 1. The highest BCUT2D eigenvalue weighted by molar-refractivity contribution is 5.82. The molecule has 0 atom stereocenters. The topological polar surface area (TPSA) is 108 Å². The summed E-state index contributed by atoms with van der Waals surface area (Å²) in [5.41, 5.74) is 9.62. The number of benzene rings is 1. The zero-order valence-electron chi connectivity index (χ0n) is 17.7. The first kappa shape index (κ1) is 20.3. The van der Waals surface area contributed by atoms with Gasteiger partial charge < -0.3 is 15.8 Å². The van der Waals surface area contributed by atoms with Crippen LogP contribution in [0, 0.1) is 0 Å². The van der Waals surface area contributed by atoms with E-state index in [4.69, 9.17) is 15.5 Å². The van der Waals surface area contributed by atoms with Gasteiger partial charge in [-0.2, -0.15) is 0 Å². The van der Waals surface area contributed by atoms with Crippen molar-refractivity contribution in [3.05, 3.63) is 66.5 Å². The van der Waals surface area contributed by atoms with Crippen molar-refractivity contribution >= 4 is 23.1 Å². The molecule has 0 aliphatic rings. The number of aromatic nitrogens is 4. The molecular weight excluding hydrogens is 392 g/mol. The number of carbonyl (C=O) groups excluding carboxylic acids is 1. The van der Waals surface area contributed by atoms with Crippen molar-refractivity contribution in [2.45, 2.75) is 32.9 Å². The van der Waals surface area contributed by atoms with E-state index in [0.717, 1.165) is 28.0 Å². The van der Waals surface area contributed by atoms with Crippen LogP contribution in [0.25, 0.3) is 28.2 Å². The molecule has 3 N–H and O–H groups in total. The molecule has 0 saturated carbocycles. The number of nitrogens with two attached hydrogens (primary N) is 1. The molecule has 1 aromatic carbocycles. The van der Waals surface area contributed by atoms with Gasteiger partial charge in [0.05, 0.1) is 5.56 Å². The van der Waals surface area contributed by atoms with Crippen molar-refractivity contribution in [3.8, 4) is 17.1 Å². The molecule has 0 aliphatic carbocycles. The van der Waals surface area contributed by atoms with Crippen molar-refractivity contribution in [3.63, 3.8) is 0 Å². The molecule has 0 fully saturated rings. The number of hydrogen-bond donors (Lipinski definition) is 2. The number of rotatable bonds is 4. The molecule has 8 heteroatoms. The van der Waals surface area contributed by atoms with Crippen molar-refractivity contribution in [2.24, 2.45) is 0 Å². The molecule has 3 aromatic heterocycles. The number of anilines is 1. The molecule has 0 bridgehead atoms. The number of carbonyl (C=O) groups is 1. The Morgan fingerprint density at radius 3 is 2.48 bits per heavy atom. The van der Waals surface area contributed by atoms with Gasteiger partial charge in [-0.3, -0.25) is 4.57 Å². The summed E-state index contributed by atoms with van der Waals surface area (Å²) in [6, 6.07) is 15.3. The van der Waals surface area contributed by atoms with Gasteiger partial charge in [-0.25, -0.2) is 19.7 Å². The van der Waals surface area contributed by atoms with Gasteiger partial charge in [0.1, 0.15) is 16.9 Å². The summed E-state index contributed by atoms with van der Waals surface area (Å²) in [4.78, 5) is 25.3. The number of fused-ring (bicyclic) bond motifs is 1. The van der Waals surface area contributed by atoms with E-state index in [0.29, 0.717) is 18.2 Å². The second kappa shape index (κ2) is 8.06. The molecule has 4 rings (SSSR count). The standard InChI is InChI=1S/C23H24N6O2/c1-23(2,3)31-22(30)27-14-15-8-10-16(11-9-15)29-20(17-6-4-12-25-19(17)24)28-18-7-5-13-26-21(18)29/h4-13H,14H2,1-3H3,(H2,24,25)(H,27,30). The van der Waals surface area contributed by atoms with E-state index in [1.165, 1.54) is 0 Å². The Labute approximate surface area is 180 Å². The van der Waals surface area contributed by atoms with Gasteiger partial charge in [-0.1, -0.05) is 12.1 Å². The Morgan fingerprint density at radius 1 is 1.06 bits per heavy atom. The van der Waals surface area contributed by atoms with E-state index in [9.17, 15) is 4.79 Å². The summed E-state index contributed by atoms with van der Waals surface area (Å²) >= 11 is 0. The minimum Gasteiger partial charge on any atom is -0.444 e. The molecule has 1 amide bonds. The number of hydrogen-bond acceptors (Lipinski definition) is 6. The molecule has 31 heavy (non-hydrogen) atoms. The Kier molecular flexibility index (Phi) is 5.29. The van der Waals surface area contributed by atoms with Crippen LogP contribution in [-0.4, -0.2) is 31.2 Å². The second-order valence-electron chi connectivity index (χ2n) is 8.08. The van der Waals surface area contributed by atoms with Crippen LogP contribution in [0.1, 0.15) is 26.3 Å². The van der Waals surface area contributed by atoms with Crippen LogP contribution in [0.15, 0.2) is 60.9 Å². The summed E-state index contributed by atoms with van der Waals surface area (Å²) in [7, 11) is 0. The van der Waals surface area contributed by atoms with E-state index in [1.54, 1.807) is 12.4 Å². The number of nitrogen functional groups attached to an aromatic ring is 1. The van der Waals surface area contributed by atoms with Gasteiger partial charge in [-0.15, -0.1) is 0 Å². The molecule has 0 unspecified atom stereocenters. The number of ether oxygens (including phenoxy) is 1. The van der Waals surface area contributed by atoms with Crippen molar-refractivity contribution in [2.75, 3.05) is 5.73 Å². The van der Waals surface area contributed by atoms with Crippen LogP contribution in [0.4, 0.5) is 10.6 Å². The summed E-state index contributed by atoms with van der Waals surface area (Å²) < 4.78 is 7.23. The minimum absolute atomic E-state index is 0.362. The third-order valence-corrected chi connectivity index (χ3v) is 4.53. The lowest BCUT2D eigenvalue weighted by molar-refractivity contribution is 0.0523. The Balaban J connectivity index is 1.65. The Hall–Kier alpha value is -3.94. The van der Waals surface area contributed by atoms with Gasteiger partial charge in [-0.05, 0) is 62.7 Å². The van der Waals surface area contributed by atoms with Crippen LogP contribution < -0.4 is 11.1 Å². The lowest BCUT2D eigenvalue weighted by Crippen LogP contribution is -2.32. The van der Waals surface area contributed by atoms with E-state index in [1.807, 2.05) is 73.9 Å². The van der Waals surface area contributed by atoms with Crippen molar-refractivity contribution in [1.82, 2.24) is 24.8 Å². The molecule has 3 heterocycles. The fraction of sp³-hybridized carbons (Fsp3) is 0.217. The van der Waals surface area contributed by atoms with Gasteiger partial charge in [0, 0.05) is 24.6 Å². The quantitative estimate of drug-likeness (QED) is 0.519. The summed E-state index contributed by atoms with van der Waals surface area (Å²) in [5.74, 6) is 1.07. The zero-order chi connectivity index (χ0) is 22.0. The number of nitrogens with zero attached hydrogens (tertiary/aromatic N) is 4. The third-order valence-electron chi connectivity index (χ3n) is 4.53. The molecule has 8 nitrogen and oxygen atoms in total. The van der Waals surface area contributed by atoms with Gasteiger partial charge in [0.25, 0.3) is 0 Å². The molecule has 0 saturated heterocycles. The van der Waals surface area contributed by atoms with Crippen LogP contribution in [0.3, 0.4) is 0 Å². The average molecular weight is 416 g/mol. The lowest BCUT2D eigenvalue weighted by Gasteiger charge is -2.19. The van der Waals surface area contributed by atoms with Crippen molar-refractivity contribution < 1.29 is 9.53 Å². The van der Waals surface area contributed by atoms with E-state index < -0.39 is 11.7 Å². The van der Waals surface area contributed by atoms with Crippen LogP contribution in [0.5, 0.6) is 0 Å². The average Bonchev–Trinajstić information content (AvgIpc) is 3.11. The van der Waals surface area contributed by atoms with E-state index in [2.05, 4.69) is 15.3 Å². The normalized spacial score (nSPS) is 11.5. The predicted octanol–water partition coefficient (Wildman–Crippen LogP) is 4.09. The Bertz CT molecular complexity index is 1230. The number of nitrogens with one attached hydrogen (secondary N) is 1. The fourth-order valence-electron chi connectivity index (χ4n) is 3.20. The molecular formula is C23H24N6O2. The molecule has 0 spiro atoms. The summed E-state index contributed by atoms with van der Waals surface area (Å²) in [5, 5.41) is 2.77. The molecule has 0 radical (unpaired) electrons. The Morgan fingerprint density at radius 2 is 1.77 bits per heavy atom. The highest BCUT2D eigenvalue weighted by atomic mass is 16.6. The number of pyridine rings is 2. The largest absolute Gasteiger partial charge is 0.444 e. The van der Waals surface area contributed by atoms with Crippen LogP contribution >= 0.6 is 0 Å². The summed E-state index contributed by atoms with van der Waals surface area (Å²) in [6.45, 7) is 5.85. The van der Waals surface area contributed by atoms with E-state index >= 15 is 0 Å². The second-order valence-corrected chi connectivity index (χ2v) is 8.08. The molecule has 0 aliphatic heterocycles. The lowest BCUT2D eigenvalue weighted by atomic mass is 10.2. The SMILES string of the molecule is CC(C)(C)OC(=O)NCc1ccc(-n2c(-c3cccnc3N)nc3cccnc32)cc1. The smallest absolute Gasteiger partial charge is 0.407 e. The van der Waals surface area contributed by atoms with E-state index in [-0.39, 0.29) is 0 Å².